The van der Waals surface area contributed by atoms with Gasteiger partial charge < -0.3 is 19.5 Å². The topological polar surface area (TPSA) is 67.6 Å². The highest BCUT2D eigenvalue weighted by Crippen LogP contribution is 2.35. The van der Waals surface area contributed by atoms with Crippen molar-refractivity contribution in [2.24, 2.45) is 23.9 Å². The fraction of sp³-hybridized carbons (Fsp3) is 0.842. The van der Waals surface area contributed by atoms with E-state index in [2.05, 4.69) is 20.4 Å². The van der Waals surface area contributed by atoms with E-state index >= 15 is 0 Å². The third-order valence-electron chi connectivity index (χ3n) is 5.78. The normalized spacial score (nSPS) is 23.3. The number of guanidine groups is 1. The van der Waals surface area contributed by atoms with Crippen LogP contribution in [0.2, 0.25) is 0 Å². The summed E-state index contributed by atoms with van der Waals surface area (Å²) in [4.78, 5) is 7.36. The zero-order chi connectivity index (χ0) is 18.4. The number of ether oxygens (including phenoxy) is 1. The number of aromatic nitrogens is 3. The van der Waals surface area contributed by atoms with Gasteiger partial charge in [-0.2, -0.15) is 0 Å². The molecule has 1 aliphatic carbocycles. The minimum Gasteiger partial charge on any atom is -0.382 e. The summed E-state index contributed by atoms with van der Waals surface area (Å²) in [5.41, 5.74) is 0. The van der Waals surface area contributed by atoms with Crippen LogP contribution in [0.3, 0.4) is 0 Å². The Balaban J connectivity index is 1.63. The van der Waals surface area contributed by atoms with E-state index < -0.39 is 0 Å². The molecular weight excluding hydrogens is 328 g/mol. The lowest BCUT2D eigenvalue weighted by atomic mass is 9.82. The van der Waals surface area contributed by atoms with Crippen molar-refractivity contribution in [3.05, 3.63) is 11.6 Å². The SMILES string of the molecule is CCOCCCNC(=NCc1nnc(C)n1C)N1CC2CCCCC2C1. The van der Waals surface area contributed by atoms with Crippen molar-refractivity contribution in [2.45, 2.75) is 52.5 Å². The number of aryl methyl sites for hydroxylation is 1. The Morgan fingerprint density at radius 2 is 1.96 bits per heavy atom. The first kappa shape index (κ1) is 19.1. The Kier molecular flexibility index (Phi) is 6.88. The fourth-order valence-corrected chi connectivity index (χ4v) is 4.10. The van der Waals surface area contributed by atoms with Crippen molar-refractivity contribution < 1.29 is 4.74 Å². The largest absolute Gasteiger partial charge is 0.382 e. The highest BCUT2D eigenvalue weighted by Gasteiger charge is 2.35. The van der Waals surface area contributed by atoms with Crippen LogP contribution in [-0.2, 0) is 18.3 Å². The van der Waals surface area contributed by atoms with Gasteiger partial charge in [-0.05, 0) is 44.9 Å². The molecule has 0 spiro atoms. The molecule has 7 heteroatoms. The molecule has 2 fully saturated rings. The van der Waals surface area contributed by atoms with Gasteiger partial charge in [0.05, 0.1) is 0 Å². The van der Waals surface area contributed by atoms with Crippen LogP contribution in [0.25, 0.3) is 0 Å². The van der Waals surface area contributed by atoms with Gasteiger partial charge in [0.2, 0.25) is 0 Å². The monoisotopic (exact) mass is 362 g/mol. The van der Waals surface area contributed by atoms with Gasteiger partial charge in [0.15, 0.2) is 11.8 Å². The highest BCUT2D eigenvalue weighted by molar-refractivity contribution is 5.80. The number of aliphatic imine (C=N–C) groups is 1. The number of fused-ring (bicyclic) bond motifs is 1. The maximum atomic E-state index is 5.45. The molecule has 2 atom stereocenters. The van der Waals surface area contributed by atoms with Gasteiger partial charge in [-0.15, -0.1) is 10.2 Å². The predicted octanol–water partition coefficient (Wildman–Crippen LogP) is 2.12. The van der Waals surface area contributed by atoms with Crippen LogP contribution >= 0.6 is 0 Å². The number of hydrogen-bond donors (Lipinski definition) is 1. The molecule has 0 radical (unpaired) electrons. The average molecular weight is 363 g/mol. The second-order valence-corrected chi connectivity index (χ2v) is 7.55. The molecule has 1 saturated carbocycles. The van der Waals surface area contributed by atoms with Crippen molar-refractivity contribution in [1.82, 2.24) is 25.0 Å². The second-order valence-electron chi connectivity index (χ2n) is 7.55. The number of likely N-dealkylation sites (tertiary alicyclic amines) is 1. The molecule has 2 aliphatic rings. The van der Waals surface area contributed by atoms with E-state index in [4.69, 9.17) is 9.73 Å². The molecule has 1 aromatic rings. The molecule has 2 unspecified atom stereocenters. The molecule has 1 saturated heterocycles. The number of nitrogens with one attached hydrogen (secondary N) is 1. The average Bonchev–Trinajstić information content (AvgIpc) is 3.22. The third kappa shape index (κ3) is 4.75. The molecule has 2 heterocycles. The summed E-state index contributed by atoms with van der Waals surface area (Å²) in [5, 5.41) is 12.0. The molecule has 0 amide bonds. The van der Waals surface area contributed by atoms with E-state index in [1.807, 2.05) is 25.5 Å². The predicted molar refractivity (Wildman–Crippen MR) is 103 cm³/mol. The second kappa shape index (κ2) is 9.35. The Hall–Kier alpha value is -1.63. The van der Waals surface area contributed by atoms with Crippen molar-refractivity contribution in [1.29, 1.82) is 0 Å². The Bertz CT molecular complexity index is 585. The van der Waals surface area contributed by atoms with Gasteiger partial charge in [0.1, 0.15) is 12.4 Å². The van der Waals surface area contributed by atoms with Crippen LogP contribution in [0, 0.1) is 18.8 Å². The van der Waals surface area contributed by atoms with E-state index in [9.17, 15) is 0 Å². The van der Waals surface area contributed by atoms with Crippen LogP contribution < -0.4 is 5.32 Å². The highest BCUT2D eigenvalue weighted by atomic mass is 16.5. The molecule has 0 bridgehead atoms. The van der Waals surface area contributed by atoms with Gasteiger partial charge in [-0.1, -0.05) is 12.8 Å². The molecule has 1 aromatic heterocycles. The van der Waals surface area contributed by atoms with Gasteiger partial charge >= 0.3 is 0 Å². The summed E-state index contributed by atoms with van der Waals surface area (Å²) >= 11 is 0. The standard InChI is InChI=1S/C19H34N6O/c1-4-26-11-7-10-20-19(21-12-18-23-22-15(2)24(18)3)25-13-16-8-5-6-9-17(16)14-25/h16-17H,4-14H2,1-3H3,(H,20,21). The third-order valence-corrected chi connectivity index (χ3v) is 5.78. The van der Waals surface area contributed by atoms with Crippen molar-refractivity contribution >= 4 is 5.96 Å². The Morgan fingerprint density at radius 3 is 2.58 bits per heavy atom. The summed E-state index contributed by atoms with van der Waals surface area (Å²) in [7, 11) is 2.00. The Labute approximate surface area is 157 Å². The Morgan fingerprint density at radius 1 is 1.23 bits per heavy atom. The zero-order valence-corrected chi connectivity index (χ0v) is 16.6. The van der Waals surface area contributed by atoms with Crippen LogP contribution in [0.1, 0.15) is 50.7 Å². The molecule has 1 aliphatic heterocycles. The lowest BCUT2D eigenvalue weighted by molar-refractivity contribution is 0.145. The summed E-state index contributed by atoms with van der Waals surface area (Å²) in [6.45, 7) is 9.32. The molecule has 7 nitrogen and oxygen atoms in total. The molecule has 26 heavy (non-hydrogen) atoms. The van der Waals surface area contributed by atoms with Crippen LogP contribution in [0.15, 0.2) is 4.99 Å². The van der Waals surface area contributed by atoms with Gasteiger partial charge in [-0.3, -0.25) is 0 Å². The quantitative estimate of drug-likeness (QED) is 0.457. The summed E-state index contributed by atoms with van der Waals surface area (Å²) in [5.74, 6) is 4.55. The minimum atomic E-state index is 0.566. The van der Waals surface area contributed by atoms with E-state index in [0.29, 0.717) is 6.54 Å². The first-order chi connectivity index (χ1) is 12.7. The molecule has 0 aromatic carbocycles. The van der Waals surface area contributed by atoms with Gasteiger partial charge in [0.25, 0.3) is 0 Å². The minimum absolute atomic E-state index is 0.566. The van der Waals surface area contributed by atoms with E-state index in [1.54, 1.807) is 0 Å². The van der Waals surface area contributed by atoms with E-state index in [0.717, 1.165) is 68.7 Å². The van der Waals surface area contributed by atoms with Gasteiger partial charge in [-0.25, -0.2) is 4.99 Å². The molecular formula is C19H34N6O. The lowest BCUT2D eigenvalue weighted by Gasteiger charge is -2.22. The molecule has 1 N–H and O–H groups in total. The fourth-order valence-electron chi connectivity index (χ4n) is 4.10. The number of nitrogens with zero attached hydrogens (tertiary/aromatic N) is 5. The molecule has 146 valence electrons. The van der Waals surface area contributed by atoms with Crippen LogP contribution in [0.4, 0.5) is 0 Å². The zero-order valence-electron chi connectivity index (χ0n) is 16.6. The summed E-state index contributed by atoms with van der Waals surface area (Å²) in [6, 6.07) is 0. The smallest absolute Gasteiger partial charge is 0.194 e. The molecule has 3 rings (SSSR count). The maximum absolute atomic E-state index is 5.45. The lowest BCUT2D eigenvalue weighted by Crippen LogP contribution is -2.41. The van der Waals surface area contributed by atoms with Gasteiger partial charge in [0, 0.05) is 39.9 Å². The first-order valence-electron chi connectivity index (χ1n) is 10.1. The summed E-state index contributed by atoms with van der Waals surface area (Å²) < 4.78 is 7.46. The van der Waals surface area contributed by atoms with Crippen molar-refractivity contribution in [3.63, 3.8) is 0 Å². The van der Waals surface area contributed by atoms with Crippen LogP contribution in [0.5, 0.6) is 0 Å². The maximum Gasteiger partial charge on any atom is 0.194 e. The summed E-state index contributed by atoms with van der Waals surface area (Å²) in [6.07, 6.45) is 6.53. The van der Waals surface area contributed by atoms with Crippen molar-refractivity contribution in [2.75, 3.05) is 32.8 Å². The van der Waals surface area contributed by atoms with E-state index in [-0.39, 0.29) is 0 Å². The number of hydrogen-bond acceptors (Lipinski definition) is 4. The van der Waals surface area contributed by atoms with Crippen LogP contribution in [-0.4, -0.2) is 58.5 Å². The van der Waals surface area contributed by atoms with E-state index in [1.165, 1.54) is 25.7 Å². The first-order valence-corrected chi connectivity index (χ1v) is 10.1. The van der Waals surface area contributed by atoms with Crippen molar-refractivity contribution in [3.8, 4) is 0 Å². The number of rotatable bonds is 7.